The Labute approximate surface area is 97.0 Å². The maximum atomic E-state index is 8.55. The van der Waals surface area contributed by atoms with Crippen molar-refractivity contribution in [3.8, 4) is 6.07 Å². The Bertz CT molecular complexity index is 340. The van der Waals surface area contributed by atoms with E-state index in [0.29, 0.717) is 12.5 Å². The van der Waals surface area contributed by atoms with Crippen LogP contribution in [0.25, 0.3) is 0 Å². The van der Waals surface area contributed by atoms with Crippen molar-refractivity contribution in [1.29, 1.82) is 5.26 Å². The first-order valence-electron chi connectivity index (χ1n) is 5.47. The fraction of sp³-hybridized carbons (Fsp3) is 0.462. The van der Waals surface area contributed by atoms with Gasteiger partial charge in [-0.15, -0.1) is 0 Å². The molecule has 0 saturated heterocycles. The lowest BCUT2D eigenvalue weighted by Gasteiger charge is -2.14. The summed E-state index contributed by atoms with van der Waals surface area (Å²) in [5.74, 6) is 0. The van der Waals surface area contributed by atoms with E-state index in [2.05, 4.69) is 18.3 Å². The summed E-state index contributed by atoms with van der Waals surface area (Å²) < 4.78 is 5.03. The molecule has 1 atom stereocenters. The number of anilines is 1. The van der Waals surface area contributed by atoms with E-state index in [1.54, 1.807) is 7.11 Å². The zero-order valence-corrected chi connectivity index (χ0v) is 9.86. The number of ether oxygens (including phenoxy) is 1. The number of nitrogens with one attached hydrogen (secondary N) is 1. The van der Waals surface area contributed by atoms with Crippen LogP contribution in [-0.2, 0) is 11.2 Å². The van der Waals surface area contributed by atoms with E-state index in [1.807, 2.05) is 24.3 Å². The molecule has 0 heterocycles. The highest BCUT2D eigenvalue weighted by Crippen LogP contribution is 2.12. The molecule has 0 aliphatic carbocycles. The summed E-state index contributed by atoms with van der Waals surface area (Å²) in [5, 5.41) is 11.9. The number of methoxy groups -OCH3 is 1. The molecule has 0 spiro atoms. The average molecular weight is 218 g/mol. The summed E-state index contributed by atoms with van der Waals surface area (Å²) in [7, 11) is 1.71. The van der Waals surface area contributed by atoms with Crippen molar-refractivity contribution in [1.82, 2.24) is 0 Å². The second-order valence-electron chi connectivity index (χ2n) is 3.86. The number of hydrogen-bond donors (Lipinski definition) is 1. The smallest absolute Gasteiger partial charge is 0.0669 e. The largest absolute Gasteiger partial charge is 0.385 e. The van der Waals surface area contributed by atoms with Gasteiger partial charge in [0, 0.05) is 25.4 Å². The Hall–Kier alpha value is -1.53. The summed E-state index contributed by atoms with van der Waals surface area (Å²) in [6.07, 6.45) is 1.45. The number of nitrogens with zero attached hydrogens (tertiary/aromatic N) is 1. The van der Waals surface area contributed by atoms with Crippen LogP contribution < -0.4 is 5.32 Å². The fourth-order valence-electron chi connectivity index (χ4n) is 1.46. The molecule has 16 heavy (non-hydrogen) atoms. The van der Waals surface area contributed by atoms with Crippen LogP contribution in [0.2, 0.25) is 0 Å². The van der Waals surface area contributed by atoms with Crippen LogP contribution >= 0.6 is 0 Å². The molecule has 0 amide bonds. The Morgan fingerprint density at radius 3 is 2.62 bits per heavy atom. The zero-order valence-electron chi connectivity index (χ0n) is 9.86. The van der Waals surface area contributed by atoms with E-state index < -0.39 is 0 Å². The number of hydrogen-bond acceptors (Lipinski definition) is 3. The van der Waals surface area contributed by atoms with Gasteiger partial charge in [0.1, 0.15) is 0 Å². The van der Waals surface area contributed by atoms with Gasteiger partial charge in [-0.3, -0.25) is 0 Å². The van der Waals surface area contributed by atoms with Crippen molar-refractivity contribution < 1.29 is 4.74 Å². The molecular formula is C13H18N2O. The molecule has 1 rings (SSSR count). The maximum absolute atomic E-state index is 8.55. The van der Waals surface area contributed by atoms with Crippen LogP contribution in [0.5, 0.6) is 0 Å². The first-order chi connectivity index (χ1) is 7.76. The van der Waals surface area contributed by atoms with Gasteiger partial charge in [0.15, 0.2) is 0 Å². The first-order valence-corrected chi connectivity index (χ1v) is 5.47. The molecular weight excluding hydrogens is 200 g/mol. The second kappa shape index (κ2) is 6.86. The van der Waals surface area contributed by atoms with Crippen LogP contribution in [0.15, 0.2) is 24.3 Å². The van der Waals surface area contributed by atoms with E-state index in [-0.39, 0.29) is 0 Å². The first kappa shape index (κ1) is 12.5. The van der Waals surface area contributed by atoms with Gasteiger partial charge < -0.3 is 10.1 Å². The Kier molecular flexibility index (Phi) is 5.38. The Morgan fingerprint density at radius 2 is 2.06 bits per heavy atom. The Balaban J connectivity index is 2.45. The van der Waals surface area contributed by atoms with Gasteiger partial charge in [-0.1, -0.05) is 12.1 Å². The van der Waals surface area contributed by atoms with Crippen LogP contribution in [0, 0.1) is 11.3 Å². The van der Waals surface area contributed by atoms with Crippen LogP contribution in [0.3, 0.4) is 0 Å². The Morgan fingerprint density at radius 1 is 1.38 bits per heavy atom. The SMILES string of the molecule is COCCC(C)Nc1ccc(CC#N)cc1. The van der Waals surface area contributed by atoms with Crippen molar-refractivity contribution in [2.24, 2.45) is 0 Å². The summed E-state index contributed by atoms with van der Waals surface area (Å²) in [5.41, 5.74) is 2.14. The van der Waals surface area contributed by atoms with E-state index in [4.69, 9.17) is 10.00 Å². The predicted octanol–water partition coefficient (Wildman–Crippen LogP) is 2.59. The van der Waals surface area contributed by atoms with Crippen LogP contribution in [0.4, 0.5) is 5.69 Å². The quantitative estimate of drug-likeness (QED) is 0.798. The fourth-order valence-corrected chi connectivity index (χ4v) is 1.46. The van der Waals surface area contributed by atoms with E-state index in [1.165, 1.54) is 0 Å². The van der Waals surface area contributed by atoms with Gasteiger partial charge in [-0.05, 0) is 31.0 Å². The van der Waals surface area contributed by atoms with Crippen molar-refractivity contribution in [2.75, 3.05) is 19.0 Å². The highest BCUT2D eigenvalue weighted by atomic mass is 16.5. The predicted molar refractivity (Wildman–Crippen MR) is 65.3 cm³/mol. The number of nitriles is 1. The van der Waals surface area contributed by atoms with Crippen molar-refractivity contribution in [3.05, 3.63) is 29.8 Å². The summed E-state index contributed by atoms with van der Waals surface area (Å²) in [6.45, 7) is 2.89. The summed E-state index contributed by atoms with van der Waals surface area (Å²) >= 11 is 0. The molecule has 1 unspecified atom stereocenters. The highest BCUT2D eigenvalue weighted by molar-refractivity contribution is 5.45. The van der Waals surface area contributed by atoms with Gasteiger partial charge in [0.25, 0.3) is 0 Å². The molecule has 0 bridgehead atoms. The molecule has 0 radical (unpaired) electrons. The van der Waals surface area contributed by atoms with E-state index in [0.717, 1.165) is 24.3 Å². The molecule has 86 valence electrons. The standard InChI is InChI=1S/C13H18N2O/c1-11(8-10-16-2)15-13-5-3-12(4-6-13)7-9-14/h3-6,11,15H,7-8,10H2,1-2H3. The monoisotopic (exact) mass is 218 g/mol. The third-order valence-corrected chi connectivity index (χ3v) is 2.41. The molecule has 0 saturated carbocycles. The molecule has 3 nitrogen and oxygen atoms in total. The third-order valence-electron chi connectivity index (χ3n) is 2.41. The molecule has 3 heteroatoms. The average Bonchev–Trinajstić information content (AvgIpc) is 2.29. The van der Waals surface area contributed by atoms with E-state index in [9.17, 15) is 0 Å². The lowest BCUT2D eigenvalue weighted by molar-refractivity contribution is 0.191. The highest BCUT2D eigenvalue weighted by Gasteiger charge is 2.01. The molecule has 1 N–H and O–H groups in total. The maximum Gasteiger partial charge on any atom is 0.0669 e. The molecule has 1 aromatic carbocycles. The normalized spacial score (nSPS) is 11.8. The molecule has 0 aromatic heterocycles. The third kappa shape index (κ3) is 4.33. The molecule has 0 aliphatic heterocycles. The lowest BCUT2D eigenvalue weighted by atomic mass is 10.1. The van der Waals surface area contributed by atoms with Crippen molar-refractivity contribution in [2.45, 2.75) is 25.8 Å². The zero-order chi connectivity index (χ0) is 11.8. The molecule has 1 aromatic rings. The van der Waals surface area contributed by atoms with Gasteiger partial charge in [-0.2, -0.15) is 5.26 Å². The minimum absolute atomic E-state index is 0.391. The number of rotatable bonds is 6. The van der Waals surface area contributed by atoms with Crippen LogP contribution in [-0.4, -0.2) is 19.8 Å². The van der Waals surface area contributed by atoms with Gasteiger partial charge in [0.2, 0.25) is 0 Å². The summed E-state index contributed by atoms with van der Waals surface area (Å²) in [6, 6.07) is 10.5. The molecule has 0 fully saturated rings. The lowest BCUT2D eigenvalue weighted by Crippen LogP contribution is -2.17. The van der Waals surface area contributed by atoms with E-state index >= 15 is 0 Å². The number of benzene rings is 1. The van der Waals surface area contributed by atoms with Gasteiger partial charge in [0.05, 0.1) is 12.5 Å². The molecule has 0 aliphatic rings. The van der Waals surface area contributed by atoms with Gasteiger partial charge in [-0.25, -0.2) is 0 Å². The summed E-state index contributed by atoms with van der Waals surface area (Å²) in [4.78, 5) is 0. The second-order valence-corrected chi connectivity index (χ2v) is 3.86. The van der Waals surface area contributed by atoms with Crippen molar-refractivity contribution >= 4 is 5.69 Å². The van der Waals surface area contributed by atoms with Crippen molar-refractivity contribution in [3.63, 3.8) is 0 Å². The van der Waals surface area contributed by atoms with Crippen LogP contribution in [0.1, 0.15) is 18.9 Å². The minimum Gasteiger partial charge on any atom is -0.385 e. The topological polar surface area (TPSA) is 45.0 Å². The van der Waals surface area contributed by atoms with Gasteiger partial charge >= 0.3 is 0 Å². The minimum atomic E-state index is 0.391.